The summed E-state index contributed by atoms with van der Waals surface area (Å²) < 4.78 is 22.0. The third kappa shape index (κ3) is 9.02. The van der Waals surface area contributed by atoms with Crippen molar-refractivity contribution in [3.63, 3.8) is 0 Å². The van der Waals surface area contributed by atoms with Crippen LogP contribution >= 0.6 is 0 Å². The monoisotopic (exact) mass is 518 g/mol. The zero-order chi connectivity index (χ0) is 27.3. The molecule has 0 saturated heterocycles. The van der Waals surface area contributed by atoms with Crippen molar-refractivity contribution < 1.29 is 33.3 Å². The minimum absolute atomic E-state index is 0.343. The van der Waals surface area contributed by atoms with E-state index in [1.54, 1.807) is 31.4 Å². The first-order valence-electron chi connectivity index (χ1n) is 11.9. The molecular formula is C29H30N2O7. The van der Waals surface area contributed by atoms with Crippen molar-refractivity contribution >= 4 is 12.1 Å². The van der Waals surface area contributed by atoms with Crippen LogP contribution in [0.15, 0.2) is 83.3 Å². The van der Waals surface area contributed by atoms with Crippen LogP contribution in [-0.2, 0) is 17.8 Å². The van der Waals surface area contributed by atoms with Gasteiger partial charge in [-0.2, -0.15) is 0 Å². The Morgan fingerprint density at radius 3 is 2.16 bits per heavy atom. The summed E-state index contributed by atoms with van der Waals surface area (Å²) in [4.78, 5) is 25.6. The number of carbonyl (C=O) groups is 2. The maximum atomic E-state index is 12.0. The van der Waals surface area contributed by atoms with Crippen LogP contribution in [0, 0.1) is 6.92 Å². The topological polar surface area (TPSA) is 120 Å². The summed E-state index contributed by atoms with van der Waals surface area (Å²) >= 11 is 0. The molecule has 0 aliphatic heterocycles. The van der Waals surface area contributed by atoms with Crippen molar-refractivity contribution in [2.24, 2.45) is 0 Å². The van der Waals surface area contributed by atoms with Crippen molar-refractivity contribution in [3.8, 4) is 28.7 Å². The maximum absolute atomic E-state index is 12.0. The van der Waals surface area contributed by atoms with Gasteiger partial charge in [0.1, 0.15) is 23.0 Å². The molecule has 4 rings (SSSR count). The van der Waals surface area contributed by atoms with Crippen molar-refractivity contribution in [2.75, 3.05) is 13.7 Å². The first-order valence-corrected chi connectivity index (χ1v) is 11.9. The Morgan fingerprint density at radius 1 is 0.921 bits per heavy atom. The number of aryl methyl sites for hydroxylation is 1. The van der Waals surface area contributed by atoms with Crippen LogP contribution in [0.25, 0.3) is 11.5 Å². The average Bonchev–Trinajstić information content (AvgIpc) is 3.29. The number of aromatic nitrogens is 1. The van der Waals surface area contributed by atoms with Gasteiger partial charge in [0.2, 0.25) is 5.89 Å². The Bertz CT molecular complexity index is 1300. The number of aliphatic carboxylic acids is 1. The van der Waals surface area contributed by atoms with E-state index in [1.165, 1.54) is 0 Å². The fraction of sp³-hybridized carbons (Fsp3) is 0.207. The number of carbonyl (C=O) groups excluding carboxylic acids is 1. The second-order valence-electron chi connectivity index (χ2n) is 8.07. The minimum atomic E-state index is -0.833. The quantitative estimate of drug-likeness (QED) is 0.291. The summed E-state index contributed by atoms with van der Waals surface area (Å²) in [6, 6.07) is 24.2. The highest BCUT2D eigenvalue weighted by atomic mass is 16.6. The highest BCUT2D eigenvalue weighted by Crippen LogP contribution is 2.22. The Balaban J connectivity index is 0.000000934. The molecule has 0 bridgehead atoms. The van der Waals surface area contributed by atoms with Gasteiger partial charge in [-0.1, -0.05) is 30.3 Å². The third-order valence-corrected chi connectivity index (χ3v) is 5.15. The molecule has 0 unspecified atom stereocenters. The molecule has 1 heterocycles. The lowest BCUT2D eigenvalue weighted by molar-refractivity contribution is -0.134. The molecule has 9 heteroatoms. The van der Waals surface area contributed by atoms with Gasteiger partial charge < -0.3 is 29.1 Å². The van der Waals surface area contributed by atoms with Gasteiger partial charge in [-0.3, -0.25) is 4.79 Å². The Hall–Kier alpha value is -4.79. The molecule has 0 aliphatic rings. The summed E-state index contributed by atoms with van der Waals surface area (Å²) in [6.45, 7) is 3.82. The number of oxazole rings is 1. The molecular weight excluding hydrogens is 488 g/mol. The number of hydrogen-bond acceptors (Lipinski definition) is 7. The van der Waals surface area contributed by atoms with Gasteiger partial charge in [-0.25, -0.2) is 9.78 Å². The highest BCUT2D eigenvalue weighted by Gasteiger charge is 2.11. The average molecular weight is 519 g/mol. The number of carboxylic acid groups (broad SMARTS) is 1. The number of ether oxygens (including phenoxy) is 3. The van der Waals surface area contributed by atoms with Gasteiger partial charge in [0.25, 0.3) is 5.97 Å². The molecule has 1 amide bonds. The molecule has 3 aromatic carbocycles. The summed E-state index contributed by atoms with van der Waals surface area (Å²) in [7, 11) is 1.58. The summed E-state index contributed by atoms with van der Waals surface area (Å²) in [5, 5.41) is 10.1. The van der Waals surface area contributed by atoms with E-state index in [0.29, 0.717) is 37.0 Å². The van der Waals surface area contributed by atoms with Crippen molar-refractivity contribution in [1.29, 1.82) is 0 Å². The van der Waals surface area contributed by atoms with Crippen LogP contribution in [0.2, 0.25) is 0 Å². The predicted octanol–water partition coefficient (Wildman–Crippen LogP) is 5.66. The Morgan fingerprint density at radius 2 is 1.53 bits per heavy atom. The standard InChI is InChI=1S/C27H26N2O5.C2H4O2/c1-19-25(29-26(33-19)21-6-4-3-5-7-21)16-17-32-23-10-8-20(9-11-23)18-28-27(30)34-24-14-12-22(31-2)13-15-24;1-2(3)4/h3-15H,16-18H2,1-2H3,(H,28,30);1H3,(H,3,4). The number of nitrogens with one attached hydrogen (secondary N) is 1. The summed E-state index contributed by atoms with van der Waals surface area (Å²) in [5.41, 5.74) is 2.77. The predicted molar refractivity (Wildman–Crippen MR) is 141 cm³/mol. The van der Waals surface area contributed by atoms with Crippen LogP contribution < -0.4 is 19.5 Å². The van der Waals surface area contributed by atoms with Gasteiger partial charge in [-0.05, 0) is 61.0 Å². The second-order valence-corrected chi connectivity index (χ2v) is 8.07. The van der Waals surface area contributed by atoms with E-state index in [2.05, 4.69) is 10.3 Å². The van der Waals surface area contributed by atoms with Crippen LogP contribution in [0.1, 0.15) is 23.9 Å². The zero-order valence-electron chi connectivity index (χ0n) is 21.5. The van der Waals surface area contributed by atoms with E-state index in [0.717, 1.165) is 35.3 Å². The van der Waals surface area contributed by atoms with Gasteiger partial charge >= 0.3 is 6.09 Å². The maximum Gasteiger partial charge on any atom is 0.412 e. The lowest BCUT2D eigenvalue weighted by Crippen LogP contribution is -2.26. The zero-order valence-corrected chi connectivity index (χ0v) is 21.5. The largest absolute Gasteiger partial charge is 0.497 e. The second kappa shape index (κ2) is 14.1. The van der Waals surface area contributed by atoms with Crippen molar-refractivity contribution in [1.82, 2.24) is 10.3 Å². The number of nitrogens with zero attached hydrogens (tertiary/aromatic N) is 1. The van der Waals surface area contributed by atoms with Gasteiger partial charge in [0.15, 0.2) is 0 Å². The minimum Gasteiger partial charge on any atom is -0.497 e. The molecule has 2 N–H and O–H groups in total. The first kappa shape index (κ1) is 27.8. The third-order valence-electron chi connectivity index (χ3n) is 5.15. The van der Waals surface area contributed by atoms with Gasteiger partial charge in [0.05, 0.1) is 19.4 Å². The number of benzene rings is 3. The molecule has 0 fully saturated rings. The number of hydrogen-bond donors (Lipinski definition) is 2. The van der Waals surface area contributed by atoms with E-state index in [9.17, 15) is 4.79 Å². The smallest absolute Gasteiger partial charge is 0.412 e. The summed E-state index contributed by atoms with van der Waals surface area (Å²) in [5.74, 6) is 2.47. The van der Waals surface area contributed by atoms with Gasteiger partial charge in [0, 0.05) is 25.5 Å². The van der Waals surface area contributed by atoms with Crippen molar-refractivity contribution in [3.05, 3.63) is 95.9 Å². The Labute approximate surface area is 221 Å². The molecule has 1 aromatic heterocycles. The molecule has 0 aliphatic carbocycles. The van der Waals surface area contributed by atoms with Crippen LogP contribution in [-0.4, -0.2) is 35.9 Å². The fourth-order valence-corrected chi connectivity index (χ4v) is 3.29. The first-order chi connectivity index (χ1) is 18.3. The summed E-state index contributed by atoms with van der Waals surface area (Å²) in [6.07, 6.45) is 0.117. The molecule has 0 atom stereocenters. The lowest BCUT2D eigenvalue weighted by Gasteiger charge is -2.09. The van der Waals surface area contributed by atoms with E-state index >= 15 is 0 Å². The van der Waals surface area contributed by atoms with E-state index in [4.69, 9.17) is 28.5 Å². The van der Waals surface area contributed by atoms with E-state index < -0.39 is 12.1 Å². The van der Waals surface area contributed by atoms with Gasteiger partial charge in [-0.15, -0.1) is 0 Å². The van der Waals surface area contributed by atoms with Crippen LogP contribution in [0.3, 0.4) is 0 Å². The normalized spacial score (nSPS) is 10.1. The fourth-order valence-electron chi connectivity index (χ4n) is 3.29. The molecule has 9 nitrogen and oxygen atoms in total. The van der Waals surface area contributed by atoms with Crippen LogP contribution in [0.5, 0.6) is 17.2 Å². The lowest BCUT2D eigenvalue weighted by atomic mass is 10.2. The number of methoxy groups -OCH3 is 1. The highest BCUT2D eigenvalue weighted by molar-refractivity contribution is 5.70. The van der Waals surface area contributed by atoms with E-state index in [1.807, 2.05) is 61.5 Å². The van der Waals surface area contributed by atoms with Crippen molar-refractivity contribution in [2.45, 2.75) is 26.8 Å². The van der Waals surface area contributed by atoms with Crippen LogP contribution in [0.4, 0.5) is 4.79 Å². The molecule has 0 spiro atoms. The number of carboxylic acids is 1. The molecule has 0 radical (unpaired) electrons. The molecule has 198 valence electrons. The number of amides is 1. The Kier molecular flexibility index (Phi) is 10.3. The molecule has 4 aromatic rings. The van der Waals surface area contributed by atoms with E-state index in [-0.39, 0.29) is 0 Å². The molecule has 0 saturated carbocycles. The SMILES string of the molecule is CC(=O)O.COc1ccc(OC(=O)NCc2ccc(OCCc3nc(-c4ccccc4)oc3C)cc2)cc1. The molecule has 38 heavy (non-hydrogen) atoms. The number of rotatable bonds is 9.